The smallest absolute Gasteiger partial charge is 0.0434 e. The Hall–Kier alpha value is -1.02. The van der Waals surface area contributed by atoms with Gasteiger partial charge in [-0.2, -0.15) is 0 Å². The maximum atomic E-state index is 5.94. The summed E-state index contributed by atoms with van der Waals surface area (Å²) in [4.78, 5) is 2.33. The fourth-order valence-corrected chi connectivity index (χ4v) is 2.46. The molecular weight excluding hydrogens is 208 g/mol. The van der Waals surface area contributed by atoms with E-state index in [0.717, 1.165) is 0 Å². The van der Waals surface area contributed by atoms with Gasteiger partial charge < -0.3 is 10.6 Å². The van der Waals surface area contributed by atoms with Gasteiger partial charge in [0.05, 0.1) is 0 Å². The second-order valence-electron chi connectivity index (χ2n) is 5.02. The summed E-state index contributed by atoms with van der Waals surface area (Å²) in [7, 11) is 2.15. The van der Waals surface area contributed by atoms with E-state index in [9.17, 15) is 0 Å². The average molecular weight is 234 g/mol. The molecule has 0 bridgehead atoms. The van der Waals surface area contributed by atoms with Crippen molar-refractivity contribution in [1.29, 1.82) is 0 Å². The number of nitrogens with two attached hydrogens (primary N) is 1. The number of hydrogen-bond donors (Lipinski definition) is 1. The summed E-state index contributed by atoms with van der Waals surface area (Å²) in [6, 6.07) is 9.05. The fraction of sp³-hybridized carbons (Fsp3) is 0.600. The maximum Gasteiger partial charge on any atom is 0.0434 e. The third-order valence-corrected chi connectivity index (χ3v) is 3.55. The number of aryl methyl sites for hydroxylation is 1. The van der Waals surface area contributed by atoms with Gasteiger partial charge in [0.1, 0.15) is 0 Å². The first-order valence-electron chi connectivity index (χ1n) is 6.59. The van der Waals surface area contributed by atoms with E-state index in [0.29, 0.717) is 18.5 Å². The van der Waals surface area contributed by atoms with Crippen molar-refractivity contribution in [2.24, 2.45) is 11.7 Å². The Balaban J connectivity index is 2.81. The van der Waals surface area contributed by atoms with E-state index >= 15 is 0 Å². The lowest BCUT2D eigenvalue weighted by Crippen LogP contribution is -2.42. The molecule has 0 aliphatic rings. The summed E-state index contributed by atoms with van der Waals surface area (Å²) >= 11 is 0. The van der Waals surface area contributed by atoms with Crippen molar-refractivity contribution in [1.82, 2.24) is 0 Å². The van der Waals surface area contributed by atoms with E-state index < -0.39 is 0 Å². The van der Waals surface area contributed by atoms with Crippen molar-refractivity contribution in [3.05, 3.63) is 29.8 Å². The molecule has 96 valence electrons. The van der Waals surface area contributed by atoms with E-state index in [1.807, 2.05) is 0 Å². The molecular formula is C15H26N2. The van der Waals surface area contributed by atoms with Crippen LogP contribution in [0.15, 0.2) is 24.3 Å². The fourth-order valence-electron chi connectivity index (χ4n) is 2.46. The van der Waals surface area contributed by atoms with Crippen molar-refractivity contribution in [2.45, 2.75) is 39.7 Å². The molecule has 1 aromatic rings. The van der Waals surface area contributed by atoms with Gasteiger partial charge in [0, 0.05) is 25.3 Å². The quantitative estimate of drug-likeness (QED) is 0.819. The minimum Gasteiger partial charge on any atom is -0.370 e. The van der Waals surface area contributed by atoms with Gasteiger partial charge in [-0.05, 0) is 37.0 Å². The van der Waals surface area contributed by atoms with Crippen LogP contribution in [0.4, 0.5) is 5.69 Å². The first-order chi connectivity index (χ1) is 8.10. The summed E-state index contributed by atoms with van der Waals surface area (Å²) in [5.41, 5.74) is 8.50. The van der Waals surface area contributed by atoms with Crippen LogP contribution < -0.4 is 10.6 Å². The number of nitrogens with zero attached hydrogens (tertiary/aromatic N) is 1. The molecule has 1 rings (SSSR count). The van der Waals surface area contributed by atoms with E-state index in [2.05, 4.69) is 57.0 Å². The van der Waals surface area contributed by atoms with Crippen LogP contribution in [0, 0.1) is 12.8 Å². The van der Waals surface area contributed by atoms with Crippen molar-refractivity contribution >= 4 is 5.69 Å². The molecule has 0 amide bonds. The lowest BCUT2D eigenvalue weighted by Gasteiger charge is -2.34. The molecule has 1 aromatic carbocycles. The van der Waals surface area contributed by atoms with Crippen molar-refractivity contribution < 1.29 is 0 Å². The normalized spacial score (nSPS) is 14.4. The molecule has 0 saturated heterocycles. The van der Waals surface area contributed by atoms with Crippen molar-refractivity contribution in [3.8, 4) is 0 Å². The highest BCUT2D eigenvalue weighted by atomic mass is 15.1. The number of rotatable bonds is 6. The zero-order valence-electron chi connectivity index (χ0n) is 11.6. The second kappa shape index (κ2) is 6.65. The summed E-state index contributed by atoms with van der Waals surface area (Å²) < 4.78 is 0. The van der Waals surface area contributed by atoms with Crippen LogP contribution in [0.2, 0.25) is 0 Å². The molecule has 0 saturated carbocycles. The largest absolute Gasteiger partial charge is 0.370 e. The van der Waals surface area contributed by atoms with Crippen LogP contribution in [0.5, 0.6) is 0 Å². The number of hydrogen-bond acceptors (Lipinski definition) is 2. The molecule has 2 N–H and O–H groups in total. The highest BCUT2D eigenvalue weighted by Gasteiger charge is 2.20. The third-order valence-electron chi connectivity index (χ3n) is 3.55. The molecule has 2 atom stereocenters. The van der Waals surface area contributed by atoms with Gasteiger partial charge in [-0.3, -0.25) is 0 Å². The van der Waals surface area contributed by atoms with E-state index in [4.69, 9.17) is 5.73 Å². The first kappa shape index (κ1) is 14.0. The molecule has 0 heterocycles. The summed E-state index contributed by atoms with van der Waals surface area (Å²) in [5, 5.41) is 0. The van der Waals surface area contributed by atoms with Crippen LogP contribution in [-0.4, -0.2) is 19.6 Å². The van der Waals surface area contributed by atoms with E-state index in [1.165, 1.54) is 24.1 Å². The van der Waals surface area contributed by atoms with Crippen LogP contribution in [0.3, 0.4) is 0 Å². The zero-order valence-corrected chi connectivity index (χ0v) is 11.6. The van der Waals surface area contributed by atoms with E-state index in [1.54, 1.807) is 0 Å². The molecule has 2 unspecified atom stereocenters. The lowest BCUT2D eigenvalue weighted by atomic mass is 9.95. The minimum atomic E-state index is 0.428. The molecule has 0 aromatic heterocycles. The standard InChI is InChI=1S/C15H26N2/c1-5-7-13(3)15(11-16)17(4)14-9-6-8-12(2)10-14/h6,8-10,13,15H,5,7,11,16H2,1-4H3. The zero-order chi connectivity index (χ0) is 12.8. The Morgan fingerprint density at radius 1 is 1.35 bits per heavy atom. The molecule has 2 heteroatoms. The number of likely N-dealkylation sites (N-methyl/N-ethyl adjacent to an activating group) is 1. The molecule has 0 spiro atoms. The van der Waals surface area contributed by atoms with Gasteiger partial charge in [-0.15, -0.1) is 0 Å². The molecule has 0 radical (unpaired) electrons. The van der Waals surface area contributed by atoms with Crippen LogP contribution >= 0.6 is 0 Å². The third kappa shape index (κ3) is 3.74. The highest BCUT2D eigenvalue weighted by molar-refractivity contribution is 5.48. The van der Waals surface area contributed by atoms with Gasteiger partial charge >= 0.3 is 0 Å². The molecule has 17 heavy (non-hydrogen) atoms. The second-order valence-corrected chi connectivity index (χ2v) is 5.02. The van der Waals surface area contributed by atoms with Gasteiger partial charge in [0.25, 0.3) is 0 Å². The number of anilines is 1. The lowest BCUT2D eigenvalue weighted by molar-refractivity contribution is 0.414. The van der Waals surface area contributed by atoms with Gasteiger partial charge in [0.2, 0.25) is 0 Å². The topological polar surface area (TPSA) is 29.3 Å². The average Bonchev–Trinajstić information content (AvgIpc) is 2.30. The molecule has 2 nitrogen and oxygen atoms in total. The van der Waals surface area contributed by atoms with Crippen molar-refractivity contribution in [3.63, 3.8) is 0 Å². The predicted molar refractivity (Wildman–Crippen MR) is 76.5 cm³/mol. The number of benzene rings is 1. The Labute approximate surface area is 106 Å². The SMILES string of the molecule is CCCC(C)C(CN)N(C)c1cccc(C)c1. The summed E-state index contributed by atoms with van der Waals surface area (Å²) in [5.74, 6) is 0.635. The molecule has 0 aliphatic carbocycles. The van der Waals surface area contributed by atoms with Gasteiger partial charge in [-0.25, -0.2) is 0 Å². The first-order valence-corrected chi connectivity index (χ1v) is 6.59. The Morgan fingerprint density at radius 2 is 2.06 bits per heavy atom. The molecule has 0 aliphatic heterocycles. The van der Waals surface area contributed by atoms with Crippen molar-refractivity contribution in [2.75, 3.05) is 18.5 Å². The predicted octanol–water partition coefficient (Wildman–Crippen LogP) is 3.19. The Bertz CT molecular complexity index is 335. The van der Waals surface area contributed by atoms with Gasteiger partial charge in [0.15, 0.2) is 0 Å². The highest BCUT2D eigenvalue weighted by Crippen LogP contribution is 2.22. The molecule has 0 fully saturated rings. The van der Waals surface area contributed by atoms with Crippen LogP contribution in [0.25, 0.3) is 0 Å². The maximum absolute atomic E-state index is 5.94. The van der Waals surface area contributed by atoms with E-state index in [-0.39, 0.29) is 0 Å². The Morgan fingerprint density at radius 3 is 2.59 bits per heavy atom. The van der Waals surface area contributed by atoms with Gasteiger partial charge in [-0.1, -0.05) is 32.4 Å². The monoisotopic (exact) mass is 234 g/mol. The van der Waals surface area contributed by atoms with Crippen LogP contribution in [0.1, 0.15) is 32.3 Å². The summed E-state index contributed by atoms with van der Waals surface area (Å²) in [6.07, 6.45) is 2.46. The summed E-state index contributed by atoms with van der Waals surface area (Å²) in [6.45, 7) is 7.37. The van der Waals surface area contributed by atoms with Crippen LogP contribution in [-0.2, 0) is 0 Å². The Kier molecular flexibility index (Phi) is 5.49. The minimum absolute atomic E-state index is 0.428.